The molecule has 0 bridgehead atoms. The first kappa shape index (κ1) is 14.2. The second-order valence-corrected chi connectivity index (χ2v) is 4.25. The smallest absolute Gasteiger partial charge is 0.224 e. The van der Waals surface area contributed by atoms with Crippen molar-refractivity contribution in [2.75, 3.05) is 30.9 Å². The third-order valence-electron chi connectivity index (χ3n) is 2.66. The third kappa shape index (κ3) is 4.81. The zero-order valence-electron chi connectivity index (χ0n) is 11.5. The van der Waals surface area contributed by atoms with Crippen LogP contribution in [0.4, 0.5) is 11.8 Å². The summed E-state index contributed by atoms with van der Waals surface area (Å²) in [6, 6.07) is 5.78. The molecular weight excluding hydrogens is 254 g/mol. The van der Waals surface area contributed by atoms with E-state index >= 15 is 0 Å². The second kappa shape index (κ2) is 8.06. The normalized spacial score (nSPS) is 10.2. The first-order chi connectivity index (χ1) is 9.88. The molecule has 0 fully saturated rings. The molecule has 0 saturated heterocycles. The SMILES string of the molecule is COCCCNc1nccc(NCc2cccnc2)n1. The minimum atomic E-state index is 0.622. The van der Waals surface area contributed by atoms with Crippen LogP contribution in [0.15, 0.2) is 36.8 Å². The number of hydrogen-bond donors (Lipinski definition) is 2. The minimum Gasteiger partial charge on any atom is -0.385 e. The topological polar surface area (TPSA) is 72.0 Å². The van der Waals surface area contributed by atoms with Crippen LogP contribution in [-0.2, 0) is 11.3 Å². The van der Waals surface area contributed by atoms with E-state index < -0.39 is 0 Å². The molecule has 0 aromatic carbocycles. The Balaban J connectivity index is 1.83. The van der Waals surface area contributed by atoms with E-state index in [0.717, 1.165) is 31.0 Å². The number of nitrogens with one attached hydrogen (secondary N) is 2. The van der Waals surface area contributed by atoms with Gasteiger partial charge in [0.2, 0.25) is 5.95 Å². The van der Waals surface area contributed by atoms with Crippen molar-refractivity contribution in [3.63, 3.8) is 0 Å². The number of hydrogen-bond acceptors (Lipinski definition) is 6. The summed E-state index contributed by atoms with van der Waals surface area (Å²) in [7, 11) is 1.69. The van der Waals surface area contributed by atoms with Gasteiger partial charge in [-0.05, 0) is 24.1 Å². The van der Waals surface area contributed by atoms with E-state index in [4.69, 9.17) is 4.74 Å². The molecule has 2 heterocycles. The van der Waals surface area contributed by atoms with E-state index in [1.807, 2.05) is 24.4 Å². The summed E-state index contributed by atoms with van der Waals surface area (Å²) in [5, 5.41) is 6.41. The molecule has 0 saturated carbocycles. The molecule has 2 aromatic heterocycles. The maximum Gasteiger partial charge on any atom is 0.224 e. The second-order valence-electron chi connectivity index (χ2n) is 4.25. The van der Waals surface area contributed by atoms with E-state index in [1.54, 1.807) is 19.5 Å². The zero-order valence-corrected chi connectivity index (χ0v) is 11.5. The van der Waals surface area contributed by atoms with Crippen LogP contribution in [0.2, 0.25) is 0 Å². The van der Waals surface area contributed by atoms with E-state index in [-0.39, 0.29) is 0 Å². The fourth-order valence-electron chi connectivity index (χ4n) is 1.65. The van der Waals surface area contributed by atoms with Crippen molar-refractivity contribution < 1.29 is 4.74 Å². The van der Waals surface area contributed by atoms with Crippen molar-refractivity contribution >= 4 is 11.8 Å². The molecule has 0 aliphatic carbocycles. The van der Waals surface area contributed by atoms with Crippen molar-refractivity contribution in [1.29, 1.82) is 0 Å². The molecule has 0 aliphatic heterocycles. The molecule has 2 aromatic rings. The molecule has 6 heteroatoms. The highest BCUT2D eigenvalue weighted by atomic mass is 16.5. The van der Waals surface area contributed by atoms with E-state index in [1.165, 1.54) is 0 Å². The Bertz CT molecular complexity index is 506. The Morgan fingerprint density at radius 3 is 2.95 bits per heavy atom. The molecule has 0 aliphatic rings. The van der Waals surface area contributed by atoms with Crippen LogP contribution in [0.3, 0.4) is 0 Å². The van der Waals surface area contributed by atoms with Crippen molar-refractivity contribution in [2.45, 2.75) is 13.0 Å². The van der Waals surface area contributed by atoms with Gasteiger partial charge in [-0.3, -0.25) is 4.98 Å². The monoisotopic (exact) mass is 273 g/mol. The highest BCUT2D eigenvalue weighted by Crippen LogP contribution is 2.07. The van der Waals surface area contributed by atoms with Gasteiger partial charge in [-0.2, -0.15) is 4.98 Å². The fraction of sp³-hybridized carbons (Fsp3) is 0.357. The Hall–Kier alpha value is -2.21. The van der Waals surface area contributed by atoms with Crippen molar-refractivity contribution in [2.24, 2.45) is 0 Å². The molecule has 2 N–H and O–H groups in total. The molecule has 0 radical (unpaired) electrons. The van der Waals surface area contributed by atoms with Gasteiger partial charge in [-0.15, -0.1) is 0 Å². The number of pyridine rings is 1. The van der Waals surface area contributed by atoms with Crippen LogP contribution in [-0.4, -0.2) is 35.2 Å². The van der Waals surface area contributed by atoms with Gasteiger partial charge < -0.3 is 15.4 Å². The predicted molar refractivity (Wildman–Crippen MR) is 78.6 cm³/mol. The largest absolute Gasteiger partial charge is 0.385 e. The highest BCUT2D eigenvalue weighted by molar-refractivity contribution is 5.40. The van der Waals surface area contributed by atoms with E-state index in [0.29, 0.717) is 12.5 Å². The van der Waals surface area contributed by atoms with Gasteiger partial charge in [0.25, 0.3) is 0 Å². The zero-order chi connectivity index (χ0) is 14.0. The van der Waals surface area contributed by atoms with Crippen molar-refractivity contribution in [1.82, 2.24) is 15.0 Å². The minimum absolute atomic E-state index is 0.622. The van der Waals surface area contributed by atoms with Gasteiger partial charge >= 0.3 is 0 Å². The molecular formula is C14H19N5O. The Morgan fingerprint density at radius 1 is 1.20 bits per heavy atom. The van der Waals surface area contributed by atoms with Crippen molar-refractivity contribution in [3.05, 3.63) is 42.4 Å². The maximum atomic E-state index is 4.99. The average molecular weight is 273 g/mol. The summed E-state index contributed by atoms with van der Waals surface area (Å²) in [5.41, 5.74) is 1.11. The number of nitrogens with zero attached hydrogens (tertiary/aromatic N) is 3. The number of aromatic nitrogens is 3. The summed E-state index contributed by atoms with van der Waals surface area (Å²) in [5.74, 6) is 1.41. The quantitative estimate of drug-likeness (QED) is 0.716. The average Bonchev–Trinajstić information content (AvgIpc) is 2.51. The molecule has 0 unspecified atom stereocenters. The van der Waals surface area contributed by atoms with E-state index in [9.17, 15) is 0 Å². The summed E-state index contributed by atoms with van der Waals surface area (Å²) in [4.78, 5) is 12.6. The third-order valence-corrected chi connectivity index (χ3v) is 2.66. The Morgan fingerprint density at radius 2 is 2.15 bits per heavy atom. The molecule has 20 heavy (non-hydrogen) atoms. The van der Waals surface area contributed by atoms with Crippen LogP contribution >= 0.6 is 0 Å². The summed E-state index contributed by atoms with van der Waals surface area (Å²) < 4.78 is 4.99. The van der Waals surface area contributed by atoms with Gasteiger partial charge in [-0.1, -0.05) is 6.07 Å². The Kier molecular flexibility index (Phi) is 5.72. The Labute approximate surface area is 118 Å². The molecule has 2 rings (SSSR count). The molecule has 6 nitrogen and oxygen atoms in total. The van der Waals surface area contributed by atoms with Crippen LogP contribution in [0.5, 0.6) is 0 Å². The van der Waals surface area contributed by atoms with Gasteiger partial charge in [0.15, 0.2) is 0 Å². The van der Waals surface area contributed by atoms with E-state index in [2.05, 4.69) is 25.6 Å². The van der Waals surface area contributed by atoms with Crippen LogP contribution in [0, 0.1) is 0 Å². The molecule has 0 spiro atoms. The van der Waals surface area contributed by atoms with Crippen LogP contribution in [0.1, 0.15) is 12.0 Å². The highest BCUT2D eigenvalue weighted by Gasteiger charge is 1.99. The summed E-state index contributed by atoms with van der Waals surface area (Å²) in [6.45, 7) is 2.21. The van der Waals surface area contributed by atoms with Crippen LogP contribution < -0.4 is 10.6 Å². The van der Waals surface area contributed by atoms with Gasteiger partial charge in [0.1, 0.15) is 5.82 Å². The number of ether oxygens (including phenoxy) is 1. The van der Waals surface area contributed by atoms with Gasteiger partial charge in [-0.25, -0.2) is 4.98 Å². The van der Waals surface area contributed by atoms with Gasteiger partial charge in [0.05, 0.1) is 0 Å². The van der Waals surface area contributed by atoms with Crippen LogP contribution in [0.25, 0.3) is 0 Å². The number of rotatable bonds is 8. The lowest BCUT2D eigenvalue weighted by atomic mass is 10.3. The first-order valence-electron chi connectivity index (χ1n) is 6.57. The predicted octanol–water partition coefficient (Wildman–Crippen LogP) is 1.93. The molecule has 106 valence electrons. The lowest BCUT2D eigenvalue weighted by molar-refractivity contribution is 0.197. The lowest BCUT2D eigenvalue weighted by Gasteiger charge is -2.08. The van der Waals surface area contributed by atoms with Crippen molar-refractivity contribution in [3.8, 4) is 0 Å². The molecule has 0 atom stereocenters. The number of methoxy groups -OCH3 is 1. The molecule has 0 amide bonds. The first-order valence-corrected chi connectivity index (χ1v) is 6.57. The summed E-state index contributed by atoms with van der Waals surface area (Å²) in [6.07, 6.45) is 6.25. The summed E-state index contributed by atoms with van der Waals surface area (Å²) >= 11 is 0. The standard InChI is InChI=1S/C14H19N5O/c1-20-9-3-7-16-14-17-8-5-13(19-14)18-11-12-4-2-6-15-10-12/h2,4-6,8,10H,3,7,9,11H2,1H3,(H2,16,17,18,19). The fourth-order valence-corrected chi connectivity index (χ4v) is 1.65. The lowest BCUT2D eigenvalue weighted by Crippen LogP contribution is -2.09. The maximum absolute atomic E-state index is 4.99. The number of anilines is 2. The van der Waals surface area contributed by atoms with Gasteiger partial charge in [0, 0.05) is 45.4 Å².